The first-order valence-corrected chi connectivity index (χ1v) is 13.4. The number of carbonyl (C=O) groups excluding carboxylic acids is 1. The van der Waals surface area contributed by atoms with Crippen LogP contribution in [0.3, 0.4) is 0 Å². The molecule has 34 heavy (non-hydrogen) atoms. The van der Waals surface area contributed by atoms with Gasteiger partial charge in [-0.05, 0) is 48.6 Å². The molecular formula is C25H33Cl2N3O3S. The lowest BCUT2D eigenvalue weighted by Crippen LogP contribution is -2.53. The zero-order valence-electron chi connectivity index (χ0n) is 20.0. The monoisotopic (exact) mass is 525 g/mol. The molecule has 1 amide bonds. The van der Waals surface area contributed by atoms with Crippen molar-refractivity contribution in [3.05, 3.63) is 38.8 Å². The number of aliphatic hydroxyl groups is 1. The largest absolute Gasteiger partial charge is 0.392 e. The highest BCUT2D eigenvalue weighted by Gasteiger charge is 2.53. The second kappa shape index (κ2) is 10.3. The molecule has 1 fully saturated rings. The number of amides is 1. The van der Waals surface area contributed by atoms with E-state index >= 15 is 0 Å². The van der Waals surface area contributed by atoms with Crippen molar-refractivity contribution in [3.8, 4) is 0 Å². The number of anilines is 2. The summed E-state index contributed by atoms with van der Waals surface area (Å²) in [6, 6.07) is 5.40. The van der Waals surface area contributed by atoms with Crippen molar-refractivity contribution in [1.82, 2.24) is 10.3 Å². The number of nitrogens with zero attached hydrogens (tertiary/aromatic N) is 1. The van der Waals surface area contributed by atoms with Gasteiger partial charge in [-0.2, -0.15) is 0 Å². The smallest absolute Gasteiger partial charge is 0.223 e. The van der Waals surface area contributed by atoms with Gasteiger partial charge >= 0.3 is 0 Å². The summed E-state index contributed by atoms with van der Waals surface area (Å²) in [6.45, 7) is 7.31. The number of aromatic nitrogens is 1. The van der Waals surface area contributed by atoms with E-state index < -0.39 is 6.10 Å². The maximum Gasteiger partial charge on any atom is 0.223 e. The number of nitrogens with one attached hydrogen (secondary N) is 2. The van der Waals surface area contributed by atoms with Gasteiger partial charge < -0.3 is 20.5 Å². The summed E-state index contributed by atoms with van der Waals surface area (Å²) in [4.78, 5) is 18.8. The van der Waals surface area contributed by atoms with E-state index in [1.54, 1.807) is 30.6 Å². The predicted octanol–water partition coefficient (Wildman–Crippen LogP) is 5.65. The topological polar surface area (TPSA) is 83.5 Å². The minimum absolute atomic E-state index is 0.0226. The zero-order chi connectivity index (χ0) is 24.6. The molecule has 1 aromatic heterocycles. The van der Waals surface area contributed by atoms with Gasteiger partial charge in [-0.1, -0.05) is 50.0 Å². The van der Waals surface area contributed by atoms with Crippen molar-refractivity contribution >= 4 is 51.3 Å². The fraction of sp³-hybridized carbons (Fsp3) is 0.600. The summed E-state index contributed by atoms with van der Waals surface area (Å²) in [5, 5.41) is 19.6. The average molecular weight is 527 g/mol. The van der Waals surface area contributed by atoms with Crippen LogP contribution in [0, 0.1) is 23.2 Å². The first-order valence-electron chi connectivity index (χ1n) is 11.8. The van der Waals surface area contributed by atoms with Crippen LogP contribution in [0.15, 0.2) is 18.2 Å². The second-order valence-electron chi connectivity index (χ2n) is 9.96. The van der Waals surface area contributed by atoms with Crippen molar-refractivity contribution in [2.75, 3.05) is 25.6 Å². The lowest BCUT2D eigenvalue weighted by Gasteiger charge is -2.53. The minimum Gasteiger partial charge on any atom is -0.392 e. The van der Waals surface area contributed by atoms with E-state index in [-0.39, 0.29) is 35.0 Å². The van der Waals surface area contributed by atoms with E-state index in [9.17, 15) is 9.90 Å². The highest BCUT2D eigenvalue weighted by Crippen LogP contribution is 2.57. The molecule has 3 N–H and O–H groups in total. The summed E-state index contributed by atoms with van der Waals surface area (Å²) in [7, 11) is 1.61. The number of thiazole rings is 1. The SMILES string of the molecule is COCCNC(=O)C(C)C1CCC2(C)Cc3sc(Nc4c(Cl)cccc4Cl)nc3C(C)C2C1O. The molecule has 1 aromatic carbocycles. The van der Waals surface area contributed by atoms with E-state index in [0.717, 1.165) is 30.1 Å². The Morgan fingerprint density at radius 2 is 2.09 bits per heavy atom. The number of aliphatic hydroxyl groups excluding tert-OH is 1. The second-order valence-corrected chi connectivity index (χ2v) is 11.9. The normalized spacial score (nSPS) is 29.1. The first kappa shape index (κ1) is 25.7. The lowest BCUT2D eigenvalue weighted by molar-refractivity contribution is -0.135. The van der Waals surface area contributed by atoms with E-state index in [1.807, 2.05) is 13.0 Å². The van der Waals surface area contributed by atoms with E-state index in [0.29, 0.717) is 28.9 Å². The van der Waals surface area contributed by atoms with Gasteiger partial charge in [0, 0.05) is 30.4 Å². The molecule has 186 valence electrons. The number of benzene rings is 1. The van der Waals surface area contributed by atoms with Crippen molar-refractivity contribution in [1.29, 1.82) is 0 Å². The third-order valence-corrected chi connectivity index (χ3v) is 9.39. The highest BCUT2D eigenvalue weighted by molar-refractivity contribution is 7.15. The van der Waals surface area contributed by atoms with Crippen LogP contribution in [0.4, 0.5) is 10.8 Å². The quantitative estimate of drug-likeness (QED) is 0.407. The average Bonchev–Trinajstić information content (AvgIpc) is 3.18. The number of fused-ring (bicyclic) bond motifs is 2. The van der Waals surface area contributed by atoms with Crippen LogP contribution in [-0.2, 0) is 16.0 Å². The predicted molar refractivity (Wildman–Crippen MR) is 138 cm³/mol. The highest BCUT2D eigenvalue weighted by atomic mass is 35.5. The summed E-state index contributed by atoms with van der Waals surface area (Å²) in [6.07, 6.45) is 2.09. The molecule has 6 nitrogen and oxygen atoms in total. The summed E-state index contributed by atoms with van der Waals surface area (Å²) < 4.78 is 5.03. The van der Waals surface area contributed by atoms with Crippen molar-refractivity contribution < 1.29 is 14.6 Å². The Labute approximate surface area is 215 Å². The van der Waals surface area contributed by atoms with Crippen LogP contribution < -0.4 is 10.6 Å². The number of methoxy groups -OCH3 is 1. The van der Waals surface area contributed by atoms with E-state index in [1.165, 1.54) is 4.88 Å². The van der Waals surface area contributed by atoms with Crippen LogP contribution >= 0.6 is 34.5 Å². The maximum absolute atomic E-state index is 12.7. The number of hydrogen-bond donors (Lipinski definition) is 3. The summed E-state index contributed by atoms with van der Waals surface area (Å²) >= 11 is 14.3. The Hall–Kier alpha value is -1.38. The Morgan fingerprint density at radius 1 is 1.38 bits per heavy atom. The molecule has 4 rings (SSSR count). The van der Waals surface area contributed by atoms with Crippen LogP contribution in [0.25, 0.3) is 0 Å². The Bertz CT molecular complexity index is 1030. The zero-order valence-corrected chi connectivity index (χ0v) is 22.4. The number of ether oxygens (including phenoxy) is 1. The Kier molecular flexibility index (Phi) is 7.80. The lowest BCUT2D eigenvalue weighted by atomic mass is 9.53. The molecule has 0 spiro atoms. The van der Waals surface area contributed by atoms with Crippen molar-refractivity contribution in [2.45, 2.75) is 52.1 Å². The van der Waals surface area contributed by atoms with Gasteiger partial charge in [0.25, 0.3) is 0 Å². The van der Waals surface area contributed by atoms with Crippen molar-refractivity contribution in [3.63, 3.8) is 0 Å². The maximum atomic E-state index is 12.7. The standard InChI is InChI=1S/C25H33Cl2N3O3S/c1-13(23(32)28-10-11-33-4)15-8-9-25(3)12-18-20(14(2)19(25)22(15)31)29-24(34-18)30-21-16(26)6-5-7-17(21)27/h5-7,13-15,19,22,31H,8-12H2,1-4H3,(H,28,32)(H,29,30). The van der Waals surface area contributed by atoms with Crippen LogP contribution in [0.1, 0.15) is 50.1 Å². The molecule has 9 heteroatoms. The Morgan fingerprint density at radius 3 is 2.76 bits per heavy atom. The molecule has 0 bridgehead atoms. The third kappa shape index (κ3) is 4.82. The number of halogens is 2. The fourth-order valence-corrected chi connectivity index (χ4v) is 7.72. The molecular weight excluding hydrogens is 493 g/mol. The molecule has 0 saturated heterocycles. The van der Waals surface area contributed by atoms with Gasteiger partial charge in [0.05, 0.1) is 34.1 Å². The molecule has 0 radical (unpaired) electrons. The molecule has 6 atom stereocenters. The van der Waals surface area contributed by atoms with Crippen LogP contribution in [0.5, 0.6) is 0 Å². The number of carbonyl (C=O) groups is 1. The van der Waals surface area contributed by atoms with Gasteiger partial charge in [-0.3, -0.25) is 4.79 Å². The van der Waals surface area contributed by atoms with Gasteiger partial charge in [0.1, 0.15) is 0 Å². The van der Waals surface area contributed by atoms with Crippen LogP contribution in [0.2, 0.25) is 10.0 Å². The summed E-state index contributed by atoms with van der Waals surface area (Å²) in [5.74, 6) is -0.260. The van der Waals surface area contributed by atoms with Gasteiger partial charge in [-0.25, -0.2) is 4.98 Å². The van der Waals surface area contributed by atoms with Gasteiger partial charge in [0.2, 0.25) is 5.91 Å². The van der Waals surface area contributed by atoms with Gasteiger partial charge in [-0.15, -0.1) is 11.3 Å². The summed E-state index contributed by atoms with van der Waals surface area (Å²) in [5.41, 5.74) is 1.64. The Balaban J connectivity index is 1.55. The van der Waals surface area contributed by atoms with E-state index in [4.69, 9.17) is 32.9 Å². The van der Waals surface area contributed by atoms with Crippen molar-refractivity contribution in [2.24, 2.45) is 23.2 Å². The third-order valence-electron chi connectivity index (χ3n) is 7.78. The van der Waals surface area contributed by atoms with E-state index in [2.05, 4.69) is 24.5 Å². The molecule has 0 aliphatic heterocycles. The molecule has 1 saturated carbocycles. The number of para-hydroxylation sites is 1. The molecule has 1 heterocycles. The molecule has 6 unspecified atom stereocenters. The van der Waals surface area contributed by atoms with Gasteiger partial charge in [0.15, 0.2) is 5.13 Å². The first-order chi connectivity index (χ1) is 16.2. The van der Waals surface area contributed by atoms with Crippen LogP contribution in [-0.4, -0.2) is 42.4 Å². The number of rotatable bonds is 7. The fourth-order valence-electron chi connectivity index (χ4n) is 5.96. The number of hydrogen-bond acceptors (Lipinski definition) is 6. The molecule has 2 aliphatic carbocycles. The molecule has 2 aliphatic rings. The molecule has 2 aromatic rings. The minimum atomic E-state index is -0.568.